The van der Waals surface area contributed by atoms with Gasteiger partial charge in [0.05, 0.1) is 17.9 Å². The lowest BCUT2D eigenvalue weighted by molar-refractivity contribution is -0.131. The Morgan fingerprint density at radius 1 is 1.26 bits per heavy atom. The molecule has 2 N–H and O–H groups in total. The van der Waals surface area contributed by atoms with Crippen molar-refractivity contribution in [3.8, 4) is 0 Å². The van der Waals surface area contributed by atoms with Crippen LogP contribution in [-0.2, 0) is 17.8 Å². The second-order valence-corrected chi connectivity index (χ2v) is 7.55. The lowest BCUT2D eigenvalue weighted by Gasteiger charge is -2.36. The van der Waals surface area contributed by atoms with E-state index in [1.54, 1.807) is 22.5 Å². The number of fused-ring (bicyclic) bond motifs is 1. The number of aromatic amines is 1. The van der Waals surface area contributed by atoms with E-state index in [1.165, 1.54) is 0 Å². The lowest BCUT2D eigenvalue weighted by atomic mass is 10.2. The largest absolute Gasteiger partial charge is 0.359 e. The monoisotopic (exact) mass is 423 g/mol. The van der Waals surface area contributed by atoms with E-state index >= 15 is 0 Å². The van der Waals surface area contributed by atoms with E-state index in [1.807, 2.05) is 37.1 Å². The number of nitrogens with one attached hydrogen (secondary N) is 2. The molecule has 4 heterocycles. The normalized spacial score (nSPS) is 14.4. The van der Waals surface area contributed by atoms with Crippen LogP contribution in [0.3, 0.4) is 0 Å². The molecule has 3 aromatic heterocycles. The van der Waals surface area contributed by atoms with Crippen LogP contribution in [0.1, 0.15) is 34.4 Å². The quantitative estimate of drug-likeness (QED) is 0.617. The van der Waals surface area contributed by atoms with Gasteiger partial charge in [-0.1, -0.05) is 6.92 Å². The van der Waals surface area contributed by atoms with Gasteiger partial charge in [-0.3, -0.25) is 14.4 Å². The predicted molar refractivity (Wildman–Crippen MR) is 115 cm³/mol. The number of amides is 2. The van der Waals surface area contributed by atoms with Gasteiger partial charge in [0, 0.05) is 32.9 Å². The van der Waals surface area contributed by atoms with Crippen molar-refractivity contribution in [2.24, 2.45) is 0 Å². The van der Waals surface area contributed by atoms with Gasteiger partial charge in [0.1, 0.15) is 17.0 Å². The van der Waals surface area contributed by atoms with Crippen LogP contribution in [0.25, 0.3) is 5.65 Å². The van der Waals surface area contributed by atoms with Crippen LogP contribution in [0.15, 0.2) is 29.2 Å². The maximum Gasteiger partial charge on any atom is 0.273 e. The molecule has 0 saturated carbocycles. The van der Waals surface area contributed by atoms with Crippen molar-refractivity contribution in [2.75, 3.05) is 31.6 Å². The minimum Gasteiger partial charge on any atom is -0.359 e. The summed E-state index contributed by atoms with van der Waals surface area (Å²) in [4.78, 5) is 47.5. The minimum atomic E-state index is -0.239. The number of pyridine rings is 1. The SMILES string of the molecule is CCc1nn2cc(CN3CCN(c4ccc(C(=O)NC)nc4C)CC3=O)cc2[nH]c1=O. The van der Waals surface area contributed by atoms with E-state index in [2.05, 4.69) is 20.4 Å². The number of rotatable bonds is 5. The summed E-state index contributed by atoms with van der Waals surface area (Å²) in [5.74, 6) is -0.232. The van der Waals surface area contributed by atoms with Crippen LogP contribution in [0.4, 0.5) is 5.69 Å². The molecule has 0 bridgehead atoms. The average Bonchev–Trinajstić information content (AvgIpc) is 3.14. The van der Waals surface area contributed by atoms with Gasteiger partial charge < -0.3 is 20.1 Å². The number of carbonyl (C=O) groups excluding carboxylic acids is 2. The van der Waals surface area contributed by atoms with Crippen LogP contribution in [0.2, 0.25) is 0 Å². The second kappa shape index (κ2) is 8.21. The van der Waals surface area contributed by atoms with Crippen molar-refractivity contribution in [2.45, 2.75) is 26.8 Å². The number of piperazine rings is 1. The number of aryl methyl sites for hydroxylation is 2. The number of anilines is 1. The maximum atomic E-state index is 12.8. The van der Waals surface area contributed by atoms with E-state index in [-0.39, 0.29) is 23.9 Å². The Morgan fingerprint density at radius 2 is 2.06 bits per heavy atom. The maximum absolute atomic E-state index is 12.8. The fraction of sp³-hybridized carbons (Fsp3) is 0.381. The smallest absolute Gasteiger partial charge is 0.273 e. The first-order valence-corrected chi connectivity index (χ1v) is 10.2. The van der Waals surface area contributed by atoms with Crippen molar-refractivity contribution >= 4 is 23.1 Å². The molecule has 1 aliphatic rings. The van der Waals surface area contributed by atoms with Gasteiger partial charge in [-0.25, -0.2) is 9.50 Å². The van der Waals surface area contributed by atoms with Gasteiger partial charge in [0.2, 0.25) is 5.91 Å². The van der Waals surface area contributed by atoms with Gasteiger partial charge >= 0.3 is 0 Å². The number of aromatic nitrogens is 4. The number of hydrogen-bond acceptors (Lipinski definition) is 6. The standard InChI is InChI=1S/C21H25N7O3/c1-4-15-21(31)24-18-9-14(11-28(18)25-15)10-27-8-7-26(12-19(27)29)17-6-5-16(20(30)22-3)23-13(17)2/h5-6,9,11H,4,7-8,10,12H2,1-3H3,(H,22,30)(H,24,31). The molecule has 31 heavy (non-hydrogen) atoms. The summed E-state index contributed by atoms with van der Waals surface area (Å²) < 4.78 is 1.65. The Balaban J connectivity index is 1.46. The molecule has 3 aromatic rings. The third-order valence-electron chi connectivity index (χ3n) is 5.47. The molecule has 0 atom stereocenters. The first kappa shape index (κ1) is 20.6. The molecule has 4 rings (SSSR count). The van der Waals surface area contributed by atoms with Crippen LogP contribution in [0, 0.1) is 6.92 Å². The van der Waals surface area contributed by atoms with Gasteiger partial charge in [0.15, 0.2) is 0 Å². The predicted octanol–water partition coefficient (Wildman–Crippen LogP) is 0.497. The highest BCUT2D eigenvalue weighted by Crippen LogP contribution is 2.22. The number of nitrogens with zero attached hydrogens (tertiary/aromatic N) is 5. The van der Waals surface area contributed by atoms with Crippen molar-refractivity contribution in [3.05, 3.63) is 57.4 Å². The van der Waals surface area contributed by atoms with Crippen LogP contribution in [0.5, 0.6) is 0 Å². The first-order valence-electron chi connectivity index (χ1n) is 10.2. The van der Waals surface area contributed by atoms with E-state index in [4.69, 9.17) is 0 Å². The van der Waals surface area contributed by atoms with E-state index in [0.29, 0.717) is 48.8 Å². The summed E-state index contributed by atoms with van der Waals surface area (Å²) >= 11 is 0. The number of H-pyrrole nitrogens is 1. The molecule has 0 unspecified atom stereocenters. The summed E-state index contributed by atoms with van der Waals surface area (Å²) in [6.45, 7) is 5.64. The van der Waals surface area contributed by atoms with Gasteiger partial charge in [-0.15, -0.1) is 0 Å². The molecule has 2 amide bonds. The first-order chi connectivity index (χ1) is 14.9. The summed E-state index contributed by atoms with van der Waals surface area (Å²) in [5, 5.41) is 6.90. The van der Waals surface area contributed by atoms with Crippen LogP contribution < -0.4 is 15.8 Å². The molecule has 0 aliphatic carbocycles. The van der Waals surface area contributed by atoms with Crippen molar-refractivity contribution in [3.63, 3.8) is 0 Å². The highest BCUT2D eigenvalue weighted by Gasteiger charge is 2.26. The summed E-state index contributed by atoms with van der Waals surface area (Å²) in [7, 11) is 1.57. The van der Waals surface area contributed by atoms with Gasteiger partial charge in [-0.05, 0) is 37.1 Å². The zero-order valence-electron chi connectivity index (χ0n) is 17.8. The van der Waals surface area contributed by atoms with Crippen molar-refractivity contribution in [1.82, 2.24) is 29.8 Å². The Hall–Kier alpha value is -3.69. The number of hydrogen-bond donors (Lipinski definition) is 2. The van der Waals surface area contributed by atoms with Crippen LogP contribution >= 0.6 is 0 Å². The van der Waals surface area contributed by atoms with Gasteiger partial charge in [0.25, 0.3) is 11.5 Å². The molecular weight excluding hydrogens is 398 g/mol. The van der Waals surface area contributed by atoms with Gasteiger partial charge in [-0.2, -0.15) is 5.10 Å². The average molecular weight is 423 g/mol. The summed E-state index contributed by atoms with van der Waals surface area (Å²) in [5.41, 5.74) is 3.73. The fourth-order valence-electron chi connectivity index (χ4n) is 3.81. The Labute approximate surface area is 178 Å². The van der Waals surface area contributed by atoms with E-state index < -0.39 is 0 Å². The van der Waals surface area contributed by atoms with E-state index in [9.17, 15) is 14.4 Å². The zero-order chi connectivity index (χ0) is 22.1. The lowest BCUT2D eigenvalue weighted by Crippen LogP contribution is -2.50. The molecule has 162 valence electrons. The third kappa shape index (κ3) is 4.00. The van der Waals surface area contributed by atoms with Crippen molar-refractivity contribution in [1.29, 1.82) is 0 Å². The third-order valence-corrected chi connectivity index (χ3v) is 5.47. The molecule has 0 spiro atoms. The Kier molecular flexibility index (Phi) is 5.45. The molecular formula is C21H25N7O3. The van der Waals surface area contributed by atoms with Crippen molar-refractivity contribution < 1.29 is 9.59 Å². The topological polar surface area (TPSA) is 116 Å². The molecule has 1 aliphatic heterocycles. The Bertz CT molecular complexity index is 1210. The van der Waals surface area contributed by atoms with E-state index in [0.717, 1.165) is 11.3 Å². The summed E-state index contributed by atoms with van der Waals surface area (Å²) in [6.07, 6.45) is 2.40. The second-order valence-electron chi connectivity index (χ2n) is 7.55. The molecule has 10 heteroatoms. The molecule has 0 aromatic carbocycles. The summed E-state index contributed by atoms with van der Waals surface area (Å²) in [6, 6.07) is 5.35. The molecule has 1 fully saturated rings. The highest BCUT2D eigenvalue weighted by atomic mass is 16.2. The Morgan fingerprint density at radius 3 is 2.74 bits per heavy atom. The molecule has 10 nitrogen and oxygen atoms in total. The fourth-order valence-corrected chi connectivity index (χ4v) is 3.81. The van der Waals surface area contributed by atoms with Crippen LogP contribution in [-0.4, -0.2) is 63.0 Å². The zero-order valence-corrected chi connectivity index (χ0v) is 17.8. The highest BCUT2D eigenvalue weighted by molar-refractivity contribution is 5.92. The number of carbonyl (C=O) groups is 2. The molecule has 0 radical (unpaired) electrons. The molecule has 1 saturated heterocycles. The minimum absolute atomic E-state index is 0.00647.